The summed E-state index contributed by atoms with van der Waals surface area (Å²) in [7, 11) is 0. The van der Waals surface area contributed by atoms with Crippen LogP contribution in [0.2, 0.25) is 0 Å². The normalized spacial score (nSPS) is 11.1. The zero-order valence-corrected chi connectivity index (χ0v) is 20.8. The minimum atomic E-state index is 0.722. The van der Waals surface area contributed by atoms with Crippen molar-refractivity contribution in [1.82, 2.24) is 14.5 Å². The maximum Gasteiger partial charge on any atom is 0.145 e. The van der Waals surface area contributed by atoms with Crippen molar-refractivity contribution in [3.63, 3.8) is 0 Å². The van der Waals surface area contributed by atoms with Gasteiger partial charge in [-0.05, 0) is 35.7 Å². The summed E-state index contributed by atoms with van der Waals surface area (Å²) in [6.45, 7) is 2.83. The second-order valence-electron chi connectivity index (χ2n) is 8.82. The van der Waals surface area contributed by atoms with Gasteiger partial charge in [0, 0.05) is 17.0 Å². The Kier molecular flexibility index (Phi) is 6.10. The van der Waals surface area contributed by atoms with E-state index < -0.39 is 0 Å². The molecule has 0 saturated heterocycles. The zero-order valence-electron chi connectivity index (χ0n) is 20.0. The molecule has 0 aliphatic rings. The van der Waals surface area contributed by atoms with E-state index in [0.717, 1.165) is 44.3 Å². The van der Waals surface area contributed by atoms with E-state index in [1.54, 1.807) is 18.1 Å². The molecule has 36 heavy (non-hydrogen) atoms. The quantitative estimate of drug-likeness (QED) is 0.223. The molecule has 0 amide bonds. The molecule has 2 heterocycles. The van der Waals surface area contributed by atoms with Crippen LogP contribution >= 0.6 is 11.8 Å². The largest absolute Gasteiger partial charge is 0.320 e. The smallest absolute Gasteiger partial charge is 0.145 e. The molecule has 0 unspecified atom stereocenters. The summed E-state index contributed by atoms with van der Waals surface area (Å²) in [5, 5.41) is 2.05. The maximum atomic E-state index is 4.86. The molecular weight excluding hydrogens is 458 g/mol. The lowest BCUT2D eigenvalue weighted by Crippen LogP contribution is -2.03. The number of aryl methyl sites for hydroxylation is 1. The van der Waals surface area contributed by atoms with Crippen molar-refractivity contribution >= 4 is 22.8 Å². The molecule has 0 saturated carbocycles. The fraction of sp³-hybridized carbons (Fsp3) is 0.0625. The van der Waals surface area contributed by atoms with Crippen LogP contribution in [0.1, 0.15) is 11.1 Å². The molecular formula is C32H25N3S. The van der Waals surface area contributed by atoms with Gasteiger partial charge in [0.1, 0.15) is 17.0 Å². The van der Waals surface area contributed by atoms with Crippen LogP contribution in [0.3, 0.4) is 0 Å². The first kappa shape index (κ1) is 22.3. The highest BCUT2D eigenvalue weighted by Gasteiger charge is 2.24. The Labute approximate surface area is 215 Å². The van der Waals surface area contributed by atoms with Crippen molar-refractivity contribution in [2.45, 2.75) is 23.4 Å². The molecule has 6 aromatic rings. The summed E-state index contributed by atoms with van der Waals surface area (Å²) in [6.07, 6.45) is 1.70. The first-order valence-corrected chi connectivity index (χ1v) is 12.9. The number of fused-ring (bicyclic) bond motifs is 1. The van der Waals surface area contributed by atoms with Crippen LogP contribution in [-0.2, 0) is 6.54 Å². The van der Waals surface area contributed by atoms with Crippen LogP contribution in [0.5, 0.6) is 0 Å². The second-order valence-corrected chi connectivity index (χ2v) is 9.88. The lowest BCUT2D eigenvalue weighted by Gasteiger charge is -2.13. The van der Waals surface area contributed by atoms with Gasteiger partial charge >= 0.3 is 0 Å². The lowest BCUT2D eigenvalue weighted by atomic mass is 9.99. The number of benzene rings is 4. The predicted octanol–water partition coefficient (Wildman–Crippen LogP) is 8.27. The molecule has 6 rings (SSSR count). The summed E-state index contributed by atoms with van der Waals surface area (Å²) in [6, 6.07) is 40.5. The SMILES string of the molecule is Cc1ccc(Sc2ncnc3c2c(-c2ccccc2)c(-c2ccccc2)n3Cc2ccccc2)cc1. The molecule has 0 atom stereocenters. The molecule has 2 aromatic heterocycles. The molecule has 0 bridgehead atoms. The summed E-state index contributed by atoms with van der Waals surface area (Å²) >= 11 is 1.69. The molecule has 0 aliphatic carbocycles. The predicted molar refractivity (Wildman–Crippen MR) is 149 cm³/mol. The van der Waals surface area contributed by atoms with Gasteiger partial charge in [0.25, 0.3) is 0 Å². The van der Waals surface area contributed by atoms with Gasteiger partial charge in [-0.1, -0.05) is 120 Å². The summed E-state index contributed by atoms with van der Waals surface area (Å²) in [4.78, 5) is 10.8. The minimum absolute atomic E-state index is 0.722. The Morgan fingerprint density at radius 1 is 0.667 bits per heavy atom. The second kappa shape index (κ2) is 9.84. The van der Waals surface area contributed by atoms with Gasteiger partial charge in [-0.3, -0.25) is 0 Å². The summed E-state index contributed by atoms with van der Waals surface area (Å²) in [5.74, 6) is 0. The van der Waals surface area contributed by atoms with Crippen molar-refractivity contribution in [3.05, 3.63) is 133 Å². The van der Waals surface area contributed by atoms with Crippen molar-refractivity contribution in [2.75, 3.05) is 0 Å². The van der Waals surface area contributed by atoms with Gasteiger partial charge in [0.15, 0.2) is 0 Å². The zero-order chi connectivity index (χ0) is 24.3. The topological polar surface area (TPSA) is 30.7 Å². The van der Waals surface area contributed by atoms with E-state index in [0.29, 0.717) is 0 Å². The van der Waals surface area contributed by atoms with E-state index in [2.05, 4.69) is 127 Å². The Morgan fingerprint density at radius 2 is 1.28 bits per heavy atom. The molecule has 0 aliphatic heterocycles. The van der Waals surface area contributed by atoms with E-state index in [9.17, 15) is 0 Å². The van der Waals surface area contributed by atoms with Crippen LogP contribution in [0.25, 0.3) is 33.4 Å². The van der Waals surface area contributed by atoms with Crippen LogP contribution in [0.4, 0.5) is 0 Å². The molecule has 0 fully saturated rings. The highest BCUT2D eigenvalue weighted by atomic mass is 32.2. The van der Waals surface area contributed by atoms with E-state index in [1.165, 1.54) is 16.7 Å². The van der Waals surface area contributed by atoms with Crippen LogP contribution in [0, 0.1) is 6.92 Å². The number of aromatic nitrogens is 3. The van der Waals surface area contributed by atoms with Gasteiger partial charge in [-0.25, -0.2) is 9.97 Å². The highest BCUT2D eigenvalue weighted by molar-refractivity contribution is 7.99. The van der Waals surface area contributed by atoms with E-state index in [1.807, 2.05) is 0 Å². The van der Waals surface area contributed by atoms with Gasteiger partial charge in [-0.15, -0.1) is 0 Å². The molecule has 174 valence electrons. The van der Waals surface area contributed by atoms with Crippen molar-refractivity contribution in [2.24, 2.45) is 0 Å². The van der Waals surface area contributed by atoms with Gasteiger partial charge in [0.2, 0.25) is 0 Å². The molecule has 4 aromatic carbocycles. The first-order valence-electron chi connectivity index (χ1n) is 12.0. The average molecular weight is 484 g/mol. The monoisotopic (exact) mass is 483 g/mol. The number of nitrogens with zero attached hydrogens (tertiary/aromatic N) is 3. The molecule has 0 N–H and O–H groups in total. The maximum absolute atomic E-state index is 4.86. The summed E-state index contributed by atoms with van der Waals surface area (Å²) in [5.41, 5.74) is 8.08. The Bertz CT molecular complexity index is 1610. The molecule has 3 nitrogen and oxygen atoms in total. The highest BCUT2D eigenvalue weighted by Crippen LogP contribution is 2.44. The van der Waals surface area contributed by atoms with Crippen LogP contribution in [0.15, 0.2) is 132 Å². The van der Waals surface area contributed by atoms with Gasteiger partial charge < -0.3 is 4.57 Å². The van der Waals surface area contributed by atoms with E-state index in [-0.39, 0.29) is 0 Å². The first-order chi connectivity index (χ1) is 17.8. The molecule has 0 radical (unpaired) electrons. The molecule has 4 heteroatoms. The Balaban J connectivity index is 1.67. The standard InChI is InChI=1S/C32H25N3S/c1-23-17-19-27(20-18-23)36-32-29-28(25-13-7-3-8-14-25)30(26-15-9-4-10-16-26)35(31(29)33-22-34-32)21-24-11-5-2-6-12-24/h2-20,22H,21H2,1H3. The summed E-state index contributed by atoms with van der Waals surface area (Å²) < 4.78 is 2.35. The molecule has 0 spiro atoms. The minimum Gasteiger partial charge on any atom is -0.320 e. The third-order valence-electron chi connectivity index (χ3n) is 6.33. The Morgan fingerprint density at radius 3 is 1.94 bits per heavy atom. The Hall–Kier alpha value is -4.15. The van der Waals surface area contributed by atoms with Crippen molar-refractivity contribution < 1.29 is 0 Å². The number of hydrogen-bond acceptors (Lipinski definition) is 3. The fourth-order valence-electron chi connectivity index (χ4n) is 4.64. The van der Waals surface area contributed by atoms with Crippen LogP contribution in [-0.4, -0.2) is 14.5 Å². The third kappa shape index (κ3) is 4.32. The van der Waals surface area contributed by atoms with Gasteiger partial charge in [0.05, 0.1) is 11.1 Å². The average Bonchev–Trinajstić information content (AvgIpc) is 3.26. The number of hydrogen-bond donors (Lipinski definition) is 0. The number of rotatable bonds is 6. The van der Waals surface area contributed by atoms with Crippen molar-refractivity contribution in [1.29, 1.82) is 0 Å². The fourth-order valence-corrected chi connectivity index (χ4v) is 5.53. The van der Waals surface area contributed by atoms with Crippen LogP contribution < -0.4 is 0 Å². The third-order valence-corrected chi connectivity index (χ3v) is 7.34. The lowest BCUT2D eigenvalue weighted by molar-refractivity contribution is 0.830. The van der Waals surface area contributed by atoms with Gasteiger partial charge in [-0.2, -0.15) is 0 Å². The van der Waals surface area contributed by atoms with E-state index in [4.69, 9.17) is 9.97 Å². The van der Waals surface area contributed by atoms with Crippen molar-refractivity contribution in [3.8, 4) is 22.4 Å². The van der Waals surface area contributed by atoms with E-state index >= 15 is 0 Å².